The first-order valence-corrected chi connectivity index (χ1v) is 0. The second-order valence-corrected chi connectivity index (χ2v) is 0. The van der Waals surface area contributed by atoms with Crippen LogP contribution < -0.4 is 56.5 Å². The predicted molar refractivity (Wildman–Crippen MR) is 11.5 cm³/mol. The van der Waals surface area contributed by atoms with E-state index >= 15 is 0 Å². The summed E-state index contributed by atoms with van der Waals surface area (Å²) in [6.07, 6.45) is 0. The van der Waals surface area contributed by atoms with Crippen molar-refractivity contribution in [1.29, 1.82) is 0 Å². The minimum atomic E-state index is 0. The molecule has 0 heterocycles. The Bertz CT molecular complexity index is 19.0. The molecule has 0 aromatic carbocycles. The molecule has 0 aromatic heterocycles. The monoisotopic (exact) mass is 339 g/mol. The Morgan fingerprint density at radius 3 is 0.417 bits per heavy atom. The predicted octanol–water partition coefficient (Wildman–Crippen LogP) is -27.7. The van der Waals surface area contributed by atoms with Gasteiger partial charge in [-0.05, 0) is 0 Å². The van der Waals surface area contributed by atoms with E-state index in [2.05, 4.69) is 0 Å². The second-order valence-electron chi connectivity index (χ2n) is 0. The van der Waals surface area contributed by atoms with Crippen molar-refractivity contribution in [3.05, 3.63) is 0 Å². The fraction of sp³-hybridized carbons (Fsp3) is 0. The van der Waals surface area contributed by atoms with Crippen molar-refractivity contribution in [3.63, 3.8) is 0 Å². The van der Waals surface area contributed by atoms with E-state index in [1.165, 1.54) is 0 Å². The first-order chi connectivity index (χ1) is 0. The van der Waals surface area contributed by atoms with Gasteiger partial charge in [-0.1, -0.05) is 0 Å². The van der Waals surface area contributed by atoms with Crippen LogP contribution in [0.5, 0.6) is 0 Å². The molecule has 0 aromatic rings. The van der Waals surface area contributed by atoms with Crippen LogP contribution in [0.15, 0.2) is 0 Å². The summed E-state index contributed by atoms with van der Waals surface area (Å²) < 4.78 is 0. The Balaban J connectivity index is 0. The number of rotatable bonds is 0. The van der Waals surface area contributed by atoms with Crippen molar-refractivity contribution in [2.45, 2.75) is 0 Å². The van der Waals surface area contributed by atoms with E-state index in [9.17, 15) is 0 Å². The van der Waals surface area contributed by atoms with Crippen molar-refractivity contribution in [3.8, 4) is 0 Å². The maximum Gasteiger partial charge on any atom is 3.00 e. The second kappa shape index (κ2) is 231. The van der Waals surface area contributed by atoms with Crippen molar-refractivity contribution < 1.29 is 73.9 Å². The van der Waals surface area contributed by atoms with Gasteiger partial charge in [0.2, 0.25) is 0 Å². The molecule has 0 amide bonds. The van der Waals surface area contributed by atoms with Gasteiger partial charge in [0, 0.05) is 0 Å². The van der Waals surface area contributed by atoms with Crippen LogP contribution in [0.2, 0.25) is 0 Å². The molecule has 1 radical (unpaired) electrons. The van der Waals surface area contributed by atoms with Crippen LogP contribution in [0.3, 0.4) is 0 Å². The van der Waals surface area contributed by atoms with Gasteiger partial charge in [-0.25, -0.2) is 0 Å². The summed E-state index contributed by atoms with van der Waals surface area (Å²) in [6.45, 7) is 0. The van der Waals surface area contributed by atoms with Crippen molar-refractivity contribution in [2.24, 2.45) is 0 Å². The zero-order valence-electron chi connectivity index (χ0n) is 5.85. The van der Waals surface area contributed by atoms with Crippen LogP contribution in [-0.2, 0) is 17.4 Å². The van der Waals surface area contributed by atoms with Gasteiger partial charge in [0.1, 0.15) is 0 Å². The molecule has 0 atom stereocenters. The van der Waals surface area contributed by atoms with Crippen LogP contribution in [0.4, 0.5) is 0 Å². The molecule has 0 nitrogen and oxygen atoms in total. The van der Waals surface area contributed by atoms with Crippen LogP contribution in [-0.4, -0.2) is 83.2 Å². The molecule has 0 aliphatic heterocycles. The van der Waals surface area contributed by atoms with E-state index < -0.39 is 0 Å². The van der Waals surface area contributed by atoms with Gasteiger partial charge in [-0.15, -0.1) is 0 Å². The van der Waals surface area contributed by atoms with E-state index in [1.807, 2.05) is 0 Å². The topological polar surface area (TPSA) is 0 Å². The van der Waals surface area contributed by atoms with E-state index in [0.717, 1.165) is 0 Å². The molecule has 0 saturated heterocycles. The molecule has 0 spiro atoms. The van der Waals surface area contributed by atoms with E-state index in [4.69, 9.17) is 0 Å². The van der Waals surface area contributed by atoms with Gasteiger partial charge >= 0.3 is 119 Å². The molecule has 0 bridgehead atoms. The molecule has 0 aliphatic carbocycles. The normalized spacial score (nSPS) is 0. The number of hydrogen-bond donors (Lipinski definition) is 0. The first-order valence-electron chi connectivity index (χ1n) is 0. The minimum absolute atomic E-state index is 0. The van der Waals surface area contributed by atoms with Crippen molar-refractivity contribution >= 4 is 83.2 Å². The minimum Gasteiger partial charge on any atom is -1.00 e. The Morgan fingerprint density at radius 1 is 0.417 bits per heavy atom. The Labute approximate surface area is 154 Å². The Hall–Kier alpha value is 3.31. The van der Waals surface area contributed by atoms with Crippen LogP contribution in [0, 0.1) is 0 Å². The van der Waals surface area contributed by atoms with Gasteiger partial charge in [-0.2, -0.15) is 0 Å². The summed E-state index contributed by atoms with van der Waals surface area (Å²) in [5.41, 5.74) is 0. The summed E-state index contributed by atoms with van der Waals surface area (Å²) in [4.78, 5) is 0. The van der Waals surface area contributed by atoms with Gasteiger partial charge in [-0.3, -0.25) is 0 Å². The number of halogens is 8. The maximum absolute atomic E-state index is 0. The first kappa shape index (κ1) is 286. The van der Waals surface area contributed by atoms with Gasteiger partial charge in [0.15, 0.2) is 0 Å². The van der Waals surface area contributed by atoms with Crippen LogP contribution in [0.1, 0.15) is 0 Å². The standard InChI is InChI=1S/Ca.Cr.8FH.Li.Sr/h;;8*1H;;/q+2;+3;;;;;;;;;+1;+2/p-8. The summed E-state index contributed by atoms with van der Waals surface area (Å²) in [6, 6.07) is 0. The molecule has 0 aliphatic rings. The number of hydrogen-bond acceptors (Lipinski definition) is 0. The average molecular weight is 339 g/mol. The van der Waals surface area contributed by atoms with Gasteiger partial charge in [0.25, 0.3) is 0 Å². The third kappa shape index (κ3) is 184. The summed E-state index contributed by atoms with van der Waals surface area (Å²) in [7, 11) is 0. The van der Waals surface area contributed by atoms with Crippen molar-refractivity contribution in [1.82, 2.24) is 0 Å². The molecule has 0 fully saturated rings. The molecular weight excluding hydrogens is 339 g/mol. The largest absolute Gasteiger partial charge is 3.00 e. The van der Waals surface area contributed by atoms with Crippen LogP contribution in [0.25, 0.3) is 0 Å². The molecule has 0 saturated carbocycles. The molecule has 0 N–H and O–H groups in total. The van der Waals surface area contributed by atoms with E-state index in [1.54, 1.807) is 0 Å². The Kier molecular flexibility index (Phi) is 5520. The Morgan fingerprint density at radius 2 is 0.417 bits per heavy atom. The third-order valence-corrected chi connectivity index (χ3v) is 0. The van der Waals surface area contributed by atoms with Gasteiger partial charge < -0.3 is 37.6 Å². The fourth-order valence-corrected chi connectivity index (χ4v) is 0. The quantitative estimate of drug-likeness (QED) is 0.304. The average Bonchev–Trinajstić information content (AvgIpc) is 0. The zero-order valence-corrected chi connectivity index (χ0v) is 12.8. The van der Waals surface area contributed by atoms with E-state index in [0.29, 0.717) is 0 Å². The van der Waals surface area contributed by atoms with Gasteiger partial charge in [0.05, 0.1) is 0 Å². The van der Waals surface area contributed by atoms with Crippen LogP contribution >= 0.6 is 0 Å². The molecule has 0 unspecified atom stereocenters. The SMILES string of the molecule is [Ca+2].[Cr+3].[F-].[F-].[F-].[F-].[F-].[F-].[F-].[F-].[Li+].[Sr+2]. The molecular formula is CaCrF8LiSr. The smallest absolute Gasteiger partial charge is 1.00 e. The molecule has 67 valence electrons. The summed E-state index contributed by atoms with van der Waals surface area (Å²) >= 11 is 0. The molecule has 0 rings (SSSR count). The summed E-state index contributed by atoms with van der Waals surface area (Å²) in [5, 5.41) is 0. The third-order valence-electron chi connectivity index (χ3n) is 0. The summed E-state index contributed by atoms with van der Waals surface area (Å²) in [5.74, 6) is 0. The molecule has 12 heavy (non-hydrogen) atoms. The fourth-order valence-electron chi connectivity index (χ4n) is 0. The van der Waals surface area contributed by atoms with Crippen molar-refractivity contribution in [2.75, 3.05) is 0 Å². The zero-order chi connectivity index (χ0) is 0. The van der Waals surface area contributed by atoms with E-state index in [-0.39, 0.29) is 157 Å². The maximum atomic E-state index is 0. The molecule has 12 heteroatoms.